The van der Waals surface area contributed by atoms with E-state index < -0.39 is 11.7 Å². The Hall–Kier alpha value is -0.770. The molecule has 0 aliphatic carbocycles. The monoisotopic (exact) mass is 188 g/mol. The Kier molecular flexibility index (Phi) is 4.77. The van der Waals surface area contributed by atoms with E-state index in [-0.39, 0.29) is 5.92 Å². The zero-order valence-electron chi connectivity index (χ0n) is 8.89. The highest BCUT2D eigenvalue weighted by atomic mass is 16.6. The van der Waals surface area contributed by atoms with E-state index >= 15 is 0 Å². The lowest BCUT2D eigenvalue weighted by molar-refractivity contribution is 0.00227. The Labute approximate surface area is 79.8 Å². The van der Waals surface area contributed by atoms with Crippen molar-refractivity contribution in [3.8, 4) is 0 Å². The minimum absolute atomic E-state index is 0.285. The summed E-state index contributed by atoms with van der Waals surface area (Å²) in [6.45, 7) is 6.70. The van der Waals surface area contributed by atoms with Crippen LogP contribution in [0.2, 0.25) is 0 Å². The summed E-state index contributed by atoms with van der Waals surface area (Å²) < 4.78 is 5.01. The van der Waals surface area contributed by atoms with Gasteiger partial charge in [0, 0.05) is 0 Å². The van der Waals surface area contributed by atoms with Crippen molar-refractivity contribution in [1.29, 1.82) is 0 Å². The van der Waals surface area contributed by atoms with Crippen LogP contribution in [0.15, 0.2) is 0 Å². The molecule has 1 unspecified atom stereocenters. The summed E-state index contributed by atoms with van der Waals surface area (Å²) in [5.41, 5.74) is 4.48. The van der Waals surface area contributed by atoms with Crippen molar-refractivity contribution in [1.82, 2.24) is 5.32 Å². The largest absolute Gasteiger partial charge is 0.443 e. The van der Waals surface area contributed by atoms with Crippen LogP contribution in [0.3, 0.4) is 0 Å². The van der Waals surface area contributed by atoms with E-state index in [0.29, 0.717) is 0 Å². The van der Waals surface area contributed by atoms with Crippen LogP contribution >= 0.6 is 0 Å². The van der Waals surface area contributed by atoms with Crippen molar-refractivity contribution in [2.24, 2.45) is 11.7 Å². The quantitative estimate of drug-likeness (QED) is 0.679. The van der Waals surface area contributed by atoms with Gasteiger partial charge in [-0.05, 0) is 39.8 Å². The summed E-state index contributed by atoms with van der Waals surface area (Å²) in [5, 5.41) is 3.05. The Morgan fingerprint density at radius 3 is 2.54 bits per heavy atom. The van der Waals surface area contributed by atoms with Crippen molar-refractivity contribution < 1.29 is 9.53 Å². The fourth-order valence-electron chi connectivity index (χ4n) is 1.07. The second-order valence-corrected chi connectivity index (χ2v) is 3.82. The molecule has 78 valence electrons. The molecule has 0 aliphatic rings. The van der Waals surface area contributed by atoms with Crippen LogP contribution in [0.1, 0.15) is 27.2 Å². The Balaban J connectivity index is 4.01. The molecule has 13 heavy (non-hydrogen) atoms. The molecule has 0 heterocycles. The highest BCUT2D eigenvalue weighted by Crippen LogP contribution is 2.23. The third-order valence-corrected chi connectivity index (χ3v) is 2.38. The van der Waals surface area contributed by atoms with E-state index in [0.717, 1.165) is 13.0 Å². The Bertz CT molecular complexity index is 169. The van der Waals surface area contributed by atoms with Gasteiger partial charge in [0.05, 0.1) is 0 Å². The van der Waals surface area contributed by atoms with Crippen LogP contribution in [0, 0.1) is 5.92 Å². The molecule has 1 amide bonds. The molecule has 1 atom stereocenters. The first-order valence-corrected chi connectivity index (χ1v) is 4.53. The maximum Gasteiger partial charge on any atom is 0.405 e. The first kappa shape index (κ1) is 12.2. The molecule has 0 aromatic heterocycles. The van der Waals surface area contributed by atoms with Crippen molar-refractivity contribution >= 4 is 6.09 Å². The fourth-order valence-corrected chi connectivity index (χ4v) is 1.07. The fraction of sp³-hybridized carbons (Fsp3) is 0.889. The van der Waals surface area contributed by atoms with Crippen molar-refractivity contribution in [3.63, 3.8) is 0 Å². The summed E-state index contributed by atoms with van der Waals surface area (Å²) >= 11 is 0. The van der Waals surface area contributed by atoms with Crippen LogP contribution in [0.5, 0.6) is 0 Å². The molecule has 0 fully saturated rings. The van der Waals surface area contributed by atoms with Crippen LogP contribution in [0.25, 0.3) is 0 Å². The third kappa shape index (κ3) is 4.72. The van der Waals surface area contributed by atoms with E-state index in [1.165, 1.54) is 0 Å². The number of amides is 1. The minimum atomic E-state index is -0.707. The van der Waals surface area contributed by atoms with E-state index in [2.05, 4.69) is 5.32 Å². The Morgan fingerprint density at radius 1 is 1.62 bits per heavy atom. The van der Waals surface area contributed by atoms with Crippen LogP contribution < -0.4 is 11.1 Å². The Morgan fingerprint density at radius 2 is 2.15 bits per heavy atom. The van der Waals surface area contributed by atoms with Crippen molar-refractivity contribution in [2.75, 3.05) is 13.6 Å². The zero-order valence-corrected chi connectivity index (χ0v) is 8.89. The summed E-state index contributed by atoms with van der Waals surface area (Å²) in [6.07, 6.45) is 0.248. The summed E-state index contributed by atoms with van der Waals surface area (Å²) in [4.78, 5) is 10.6. The second-order valence-electron chi connectivity index (χ2n) is 3.82. The molecule has 0 radical (unpaired) electrons. The van der Waals surface area contributed by atoms with E-state index in [1.54, 1.807) is 0 Å². The van der Waals surface area contributed by atoms with Gasteiger partial charge in [-0.2, -0.15) is 0 Å². The van der Waals surface area contributed by atoms with Gasteiger partial charge in [0.25, 0.3) is 0 Å². The van der Waals surface area contributed by atoms with Gasteiger partial charge in [0.2, 0.25) is 0 Å². The van der Waals surface area contributed by atoms with Gasteiger partial charge in [0.1, 0.15) is 5.60 Å². The number of ether oxygens (including phenoxy) is 1. The summed E-state index contributed by atoms with van der Waals surface area (Å²) in [5.74, 6) is 0.285. The maximum absolute atomic E-state index is 10.6. The van der Waals surface area contributed by atoms with Crippen LogP contribution in [0.4, 0.5) is 4.79 Å². The molecular formula is C9H20N2O2. The number of carbonyl (C=O) groups is 1. The SMILES string of the molecule is CNCCC(C)C(C)(C)OC(N)=O. The van der Waals surface area contributed by atoms with Crippen LogP contribution in [-0.4, -0.2) is 25.3 Å². The van der Waals surface area contributed by atoms with Gasteiger partial charge >= 0.3 is 6.09 Å². The first-order valence-electron chi connectivity index (χ1n) is 4.53. The number of nitrogens with two attached hydrogens (primary N) is 1. The lowest BCUT2D eigenvalue weighted by Gasteiger charge is -2.30. The van der Waals surface area contributed by atoms with Gasteiger partial charge in [-0.15, -0.1) is 0 Å². The van der Waals surface area contributed by atoms with Gasteiger partial charge in [-0.3, -0.25) is 0 Å². The average Bonchev–Trinajstić information content (AvgIpc) is 1.97. The van der Waals surface area contributed by atoms with Gasteiger partial charge in [-0.25, -0.2) is 4.79 Å². The predicted octanol–water partition coefficient (Wildman–Crippen LogP) is 1.11. The third-order valence-electron chi connectivity index (χ3n) is 2.38. The minimum Gasteiger partial charge on any atom is -0.443 e. The van der Waals surface area contributed by atoms with Gasteiger partial charge in [0.15, 0.2) is 0 Å². The number of rotatable bonds is 5. The smallest absolute Gasteiger partial charge is 0.405 e. The molecule has 0 saturated carbocycles. The highest BCUT2D eigenvalue weighted by molar-refractivity contribution is 5.65. The number of hydrogen-bond donors (Lipinski definition) is 2. The average molecular weight is 188 g/mol. The van der Waals surface area contributed by atoms with Crippen molar-refractivity contribution in [2.45, 2.75) is 32.8 Å². The molecule has 0 spiro atoms. The molecule has 3 N–H and O–H groups in total. The number of hydrogen-bond acceptors (Lipinski definition) is 3. The summed E-state index contributed by atoms with van der Waals surface area (Å²) in [6, 6.07) is 0. The van der Waals surface area contributed by atoms with Gasteiger partial charge in [-0.1, -0.05) is 6.92 Å². The normalized spacial score (nSPS) is 13.8. The van der Waals surface area contributed by atoms with Crippen molar-refractivity contribution in [3.05, 3.63) is 0 Å². The second kappa shape index (κ2) is 5.07. The number of carbonyl (C=O) groups excluding carboxylic acids is 1. The molecule has 0 rings (SSSR count). The molecular weight excluding hydrogens is 168 g/mol. The molecule has 4 heteroatoms. The highest BCUT2D eigenvalue weighted by Gasteiger charge is 2.28. The number of primary amides is 1. The first-order chi connectivity index (χ1) is 5.90. The molecule has 0 aromatic rings. The molecule has 4 nitrogen and oxygen atoms in total. The zero-order chi connectivity index (χ0) is 10.5. The molecule has 0 aromatic carbocycles. The molecule has 0 bridgehead atoms. The predicted molar refractivity (Wildman–Crippen MR) is 52.5 cm³/mol. The molecule has 0 saturated heterocycles. The molecule has 0 aliphatic heterocycles. The van der Waals surface area contributed by atoms with E-state index in [9.17, 15) is 4.79 Å². The van der Waals surface area contributed by atoms with E-state index in [1.807, 2.05) is 27.8 Å². The summed E-state index contributed by atoms with van der Waals surface area (Å²) in [7, 11) is 1.90. The van der Waals surface area contributed by atoms with E-state index in [4.69, 9.17) is 10.5 Å². The van der Waals surface area contributed by atoms with Gasteiger partial charge < -0.3 is 15.8 Å². The standard InChI is InChI=1S/C9H20N2O2/c1-7(5-6-11-4)9(2,3)13-8(10)12/h7,11H,5-6H2,1-4H3,(H2,10,12). The lowest BCUT2D eigenvalue weighted by Crippen LogP contribution is -2.38. The van der Waals surface area contributed by atoms with Crippen LogP contribution in [-0.2, 0) is 4.74 Å². The topological polar surface area (TPSA) is 64.3 Å². The lowest BCUT2D eigenvalue weighted by atomic mass is 9.90. The number of nitrogens with one attached hydrogen (secondary N) is 1. The maximum atomic E-state index is 10.6.